The van der Waals surface area contributed by atoms with Crippen molar-refractivity contribution in [2.45, 2.75) is 13.8 Å². The highest BCUT2D eigenvalue weighted by molar-refractivity contribution is 6.18. The molecule has 2 aromatic carbocycles. The van der Waals surface area contributed by atoms with Crippen LogP contribution in [0.5, 0.6) is 0 Å². The first-order chi connectivity index (χ1) is 12.7. The van der Waals surface area contributed by atoms with Gasteiger partial charge in [0, 0.05) is 36.1 Å². The highest BCUT2D eigenvalue weighted by Crippen LogP contribution is 2.35. The number of rotatable bonds is 5. The molecule has 2 aromatic heterocycles. The summed E-state index contributed by atoms with van der Waals surface area (Å²) in [6, 6.07) is 19.0. The maximum atomic E-state index is 6.10. The van der Waals surface area contributed by atoms with Crippen LogP contribution in [0.15, 0.2) is 60.8 Å². The largest absolute Gasteiger partial charge is 0.355 e. The first-order valence-corrected chi connectivity index (χ1v) is 9.54. The summed E-state index contributed by atoms with van der Waals surface area (Å²) in [5.41, 5.74) is 4.41. The summed E-state index contributed by atoms with van der Waals surface area (Å²) >= 11 is 6.10. The van der Waals surface area contributed by atoms with Crippen molar-refractivity contribution in [3.05, 3.63) is 66.4 Å². The summed E-state index contributed by atoms with van der Waals surface area (Å²) < 4.78 is 2.21. The lowest BCUT2D eigenvalue weighted by Gasteiger charge is -2.23. The van der Waals surface area contributed by atoms with Crippen LogP contribution in [0.4, 0.5) is 5.82 Å². The minimum atomic E-state index is 0.585. The van der Waals surface area contributed by atoms with E-state index in [9.17, 15) is 0 Å². The molecular formula is C22H22ClN3. The van der Waals surface area contributed by atoms with Gasteiger partial charge in [0.25, 0.3) is 0 Å². The Labute approximate surface area is 158 Å². The number of alkyl halides is 1. The summed E-state index contributed by atoms with van der Waals surface area (Å²) in [7, 11) is 0. The van der Waals surface area contributed by atoms with Gasteiger partial charge in [-0.15, -0.1) is 11.6 Å². The van der Waals surface area contributed by atoms with Crippen molar-refractivity contribution in [2.75, 3.05) is 23.9 Å². The fourth-order valence-electron chi connectivity index (χ4n) is 3.59. The van der Waals surface area contributed by atoms with E-state index in [1.165, 1.54) is 16.5 Å². The van der Waals surface area contributed by atoms with Crippen molar-refractivity contribution in [1.29, 1.82) is 0 Å². The molecule has 4 heteroatoms. The third-order valence-electron chi connectivity index (χ3n) is 4.93. The Morgan fingerprint density at radius 1 is 1.04 bits per heavy atom. The van der Waals surface area contributed by atoms with Gasteiger partial charge < -0.3 is 4.90 Å². The number of nitrogens with zero attached hydrogens (tertiary/aromatic N) is 3. The average Bonchev–Trinajstić information content (AvgIpc) is 3.06. The lowest BCUT2D eigenvalue weighted by molar-refractivity contribution is 0.844. The predicted molar refractivity (Wildman–Crippen MR) is 111 cm³/mol. The molecule has 0 bridgehead atoms. The monoisotopic (exact) mass is 363 g/mol. The van der Waals surface area contributed by atoms with Crippen LogP contribution >= 0.6 is 11.6 Å². The number of hydrogen-bond donors (Lipinski definition) is 0. The molecule has 4 rings (SSSR count). The molecular weight excluding hydrogens is 342 g/mol. The quantitative estimate of drug-likeness (QED) is 0.435. The van der Waals surface area contributed by atoms with Gasteiger partial charge in [-0.3, -0.25) is 4.40 Å². The molecule has 0 fully saturated rings. The summed E-state index contributed by atoms with van der Waals surface area (Å²) in [6.45, 7) is 5.97. The van der Waals surface area contributed by atoms with Gasteiger partial charge in [-0.25, -0.2) is 4.98 Å². The summed E-state index contributed by atoms with van der Waals surface area (Å²) in [6.07, 6.45) is 2.12. The number of imidazole rings is 1. The topological polar surface area (TPSA) is 20.5 Å². The first kappa shape index (κ1) is 16.9. The number of aromatic nitrogens is 2. The van der Waals surface area contributed by atoms with E-state index in [0.717, 1.165) is 35.6 Å². The lowest BCUT2D eigenvalue weighted by atomic mass is 10.1. The maximum Gasteiger partial charge on any atom is 0.147 e. The van der Waals surface area contributed by atoms with Crippen LogP contribution in [0.2, 0.25) is 0 Å². The first-order valence-electron chi connectivity index (χ1n) is 9.01. The zero-order valence-corrected chi connectivity index (χ0v) is 15.9. The number of pyridine rings is 1. The van der Waals surface area contributed by atoms with E-state index in [-0.39, 0.29) is 0 Å². The SMILES string of the molecule is CCN(CCCl)c1c(-c2ccccc2C)nc2c3ccccc3ccn12. The van der Waals surface area contributed by atoms with Crippen molar-refractivity contribution in [1.82, 2.24) is 9.38 Å². The minimum Gasteiger partial charge on any atom is -0.355 e. The van der Waals surface area contributed by atoms with Gasteiger partial charge in [-0.2, -0.15) is 0 Å². The summed E-state index contributed by atoms with van der Waals surface area (Å²) in [5, 5.41) is 2.37. The molecule has 2 heterocycles. The molecule has 26 heavy (non-hydrogen) atoms. The Balaban J connectivity index is 2.08. The van der Waals surface area contributed by atoms with Crippen LogP contribution in [-0.2, 0) is 0 Å². The van der Waals surface area contributed by atoms with Gasteiger partial charge >= 0.3 is 0 Å². The molecule has 0 N–H and O–H groups in total. The second kappa shape index (κ2) is 7.00. The molecule has 0 aliphatic rings. The molecule has 0 aliphatic carbocycles. The molecule has 0 atom stereocenters. The smallest absolute Gasteiger partial charge is 0.147 e. The van der Waals surface area contributed by atoms with Crippen molar-refractivity contribution in [3.8, 4) is 11.3 Å². The Morgan fingerprint density at radius 3 is 2.58 bits per heavy atom. The third kappa shape index (κ3) is 2.73. The lowest BCUT2D eigenvalue weighted by Crippen LogP contribution is -2.26. The van der Waals surface area contributed by atoms with Gasteiger partial charge in [0.05, 0.1) is 0 Å². The fourth-order valence-corrected chi connectivity index (χ4v) is 3.80. The van der Waals surface area contributed by atoms with Gasteiger partial charge in [-0.05, 0) is 30.9 Å². The molecule has 132 valence electrons. The van der Waals surface area contributed by atoms with Gasteiger partial charge in [0.15, 0.2) is 0 Å². The summed E-state index contributed by atoms with van der Waals surface area (Å²) in [5.74, 6) is 1.70. The normalized spacial score (nSPS) is 11.3. The third-order valence-corrected chi connectivity index (χ3v) is 5.10. The second-order valence-corrected chi connectivity index (χ2v) is 6.84. The van der Waals surface area contributed by atoms with Crippen molar-refractivity contribution >= 4 is 33.8 Å². The number of hydrogen-bond acceptors (Lipinski definition) is 2. The number of benzene rings is 2. The molecule has 3 nitrogen and oxygen atoms in total. The molecule has 0 radical (unpaired) electrons. The second-order valence-electron chi connectivity index (χ2n) is 6.46. The van der Waals surface area contributed by atoms with E-state index in [4.69, 9.17) is 16.6 Å². The van der Waals surface area contributed by atoms with E-state index in [0.29, 0.717) is 5.88 Å². The van der Waals surface area contributed by atoms with E-state index in [2.05, 4.69) is 83.9 Å². The fraction of sp³-hybridized carbons (Fsp3) is 0.227. The van der Waals surface area contributed by atoms with Gasteiger partial charge in [0.2, 0.25) is 0 Å². The predicted octanol–water partition coefficient (Wildman–Crippen LogP) is 5.53. The van der Waals surface area contributed by atoms with Crippen LogP contribution in [-0.4, -0.2) is 28.4 Å². The van der Waals surface area contributed by atoms with E-state index < -0.39 is 0 Å². The van der Waals surface area contributed by atoms with Crippen LogP contribution in [0, 0.1) is 6.92 Å². The van der Waals surface area contributed by atoms with Crippen molar-refractivity contribution < 1.29 is 0 Å². The Bertz CT molecular complexity index is 1070. The van der Waals surface area contributed by atoms with Gasteiger partial charge in [0.1, 0.15) is 17.2 Å². The maximum absolute atomic E-state index is 6.10. The highest BCUT2D eigenvalue weighted by atomic mass is 35.5. The van der Waals surface area contributed by atoms with E-state index in [1.54, 1.807) is 0 Å². The molecule has 0 saturated carbocycles. The zero-order chi connectivity index (χ0) is 18.1. The van der Waals surface area contributed by atoms with Crippen LogP contribution < -0.4 is 4.90 Å². The van der Waals surface area contributed by atoms with Crippen LogP contribution in [0.1, 0.15) is 12.5 Å². The van der Waals surface area contributed by atoms with E-state index in [1.807, 2.05) is 0 Å². The van der Waals surface area contributed by atoms with Crippen LogP contribution in [0.25, 0.3) is 27.7 Å². The Hall–Kier alpha value is -2.52. The molecule has 0 spiro atoms. The molecule has 0 saturated heterocycles. The molecule has 0 aliphatic heterocycles. The average molecular weight is 364 g/mol. The molecule has 4 aromatic rings. The zero-order valence-electron chi connectivity index (χ0n) is 15.1. The van der Waals surface area contributed by atoms with Gasteiger partial charge in [-0.1, -0.05) is 48.5 Å². The number of anilines is 1. The Kier molecular flexibility index (Phi) is 4.56. The number of fused-ring (bicyclic) bond motifs is 3. The highest BCUT2D eigenvalue weighted by Gasteiger charge is 2.21. The molecule has 0 amide bonds. The van der Waals surface area contributed by atoms with Crippen molar-refractivity contribution in [2.24, 2.45) is 0 Å². The standard InChI is InChI=1S/C22H22ClN3/c1-3-25(15-13-23)22-20(18-10-6-4-8-16(18)2)24-21-19-11-7-5-9-17(19)12-14-26(21)22/h4-12,14H,3,13,15H2,1-2H3. The summed E-state index contributed by atoms with van der Waals surface area (Å²) in [4.78, 5) is 7.41. The molecule has 0 unspecified atom stereocenters. The minimum absolute atomic E-state index is 0.585. The van der Waals surface area contributed by atoms with Crippen LogP contribution in [0.3, 0.4) is 0 Å². The van der Waals surface area contributed by atoms with E-state index >= 15 is 0 Å². The van der Waals surface area contributed by atoms with Crippen molar-refractivity contribution in [3.63, 3.8) is 0 Å². The number of aryl methyl sites for hydroxylation is 1. The number of halogens is 1. The Morgan fingerprint density at radius 2 is 1.81 bits per heavy atom.